The van der Waals surface area contributed by atoms with Gasteiger partial charge in [0.1, 0.15) is 24.2 Å². The van der Waals surface area contributed by atoms with E-state index in [1.165, 1.54) is 10.9 Å². The number of anilines is 1. The SMILES string of the molecule is COc1cccc(Cn2cc(NC(=O)Cn3ncc([N+](=O)[O-])c3C)cn2)c1. The van der Waals surface area contributed by atoms with Gasteiger partial charge in [0.05, 0.1) is 30.5 Å². The van der Waals surface area contributed by atoms with Crippen LogP contribution in [0.15, 0.2) is 42.9 Å². The molecule has 0 atom stereocenters. The highest BCUT2D eigenvalue weighted by atomic mass is 16.6. The van der Waals surface area contributed by atoms with E-state index in [0.29, 0.717) is 17.9 Å². The molecule has 0 radical (unpaired) electrons. The number of carbonyl (C=O) groups excluding carboxylic acids is 1. The minimum absolute atomic E-state index is 0.117. The van der Waals surface area contributed by atoms with E-state index in [0.717, 1.165) is 17.5 Å². The van der Waals surface area contributed by atoms with Crippen molar-refractivity contribution in [2.24, 2.45) is 0 Å². The minimum atomic E-state index is -0.528. The number of ether oxygens (including phenoxy) is 1. The van der Waals surface area contributed by atoms with E-state index in [1.807, 2.05) is 24.3 Å². The van der Waals surface area contributed by atoms with Crippen LogP contribution in [0.5, 0.6) is 5.75 Å². The Hall–Kier alpha value is -3.69. The predicted molar refractivity (Wildman–Crippen MR) is 96.6 cm³/mol. The molecule has 10 heteroatoms. The fraction of sp³-hybridized carbons (Fsp3) is 0.235. The molecule has 0 saturated heterocycles. The Bertz CT molecular complexity index is 977. The van der Waals surface area contributed by atoms with E-state index in [1.54, 1.807) is 24.9 Å². The van der Waals surface area contributed by atoms with Crippen LogP contribution in [0.3, 0.4) is 0 Å². The maximum absolute atomic E-state index is 12.2. The normalized spacial score (nSPS) is 10.6. The molecule has 0 unspecified atom stereocenters. The molecule has 3 aromatic rings. The molecule has 0 spiro atoms. The number of hydrogen-bond donors (Lipinski definition) is 1. The molecule has 3 rings (SSSR count). The average molecular weight is 370 g/mol. The van der Waals surface area contributed by atoms with Crippen molar-refractivity contribution in [1.82, 2.24) is 19.6 Å². The third-order valence-electron chi connectivity index (χ3n) is 3.96. The molecule has 140 valence electrons. The van der Waals surface area contributed by atoms with Crippen LogP contribution >= 0.6 is 0 Å². The molecular formula is C17H18N6O4. The number of aromatic nitrogens is 4. The zero-order chi connectivity index (χ0) is 19.4. The summed E-state index contributed by atoms with van der Waals surface area (Å²) in [4.78, 5) is 22.5. The molecule has 0 saturated carbocycles. The van der Waals surface area contributed by atoms with Crippen LogP contribution in [0.4, 0.5) is 11.4 Å². The average Bonchev–Trinajstić information content (AvgIpc) is 3.22. The number of benzene rings is 1. The summed E-state index contributed by atoms with van der Waals surface area (Å²) < 4.78 is 8.17. The summed E-state index contributed by atoms with van der Waals surface area (Å²) in [6.07, 6.45) is 4.38. The van der Waals surface area contributed by atoms with Crippen LogP contribution in [0, 0.1) is 17.0 Å². The summed E-state index contributed by atoms with van der Waals surface area (Å²) in [5.74, 6) is 0.411. The van der Waals surface area contributed by atoms with Gasteiger partial charge < -0.3 is 10.1 Å². The Morgan fingerprint density at radius 2 is 2.15 bits per heavy atom. The quantitative estimate of drug-likeness (QED) is 0.502. The van der Waals surface area contributed by atoms with Crippen LogP contribution in [0.2, 0.25) is 0 Å². The summed E-state index contributed by atoms with van der Waals surface area (Å²) >= 11 is 0. The van der Waals surface area contributed by atoms with E-state index < -0.39 is 4.92 Å². The Kier molecular flexibility index (Phi) is 5.15. The van der Waals surface area contributed by atoms with Crippen molar-refractivity contribution in [3.8, 4) is 5.75 Å². The van der Waals surface area contributed by atoms with E-state index in [2.05, 4.69) is 15.5 Å². The first-order valence-electron chi connectivity index (χ1n) is 8.08. The van der Waals surface area contributed by atoms with E-state index in [-0.39, 0.29) is 18.1 Å². The fourth-order valence-electron chi connectivity index (χ4n) is 2.58. The van der Waals surface area contributed by atoms with Gasteiger partial charge in [0.25, 0.3) is 0 Å². The number of methoxy groups -OCH3 is 1. The predicted octanol–water partition coefficient (Wildman–Crippen LogP) is 1.99. The summed E-state index contributed by atoms with van der Waals surface area (Å²) in [5, 5.41) is 21.6. The molecule has 1 amide bonds. The molecular weight excluding hydrogens is 352 g/mol. The number of amides is 1. The highest BCUT2D eigenvalue weighted by Crippen LogP contribution is 2.17. The van der Waals surface area contributed by atoms with Crippen LogP contribution in [0.1, 0.15) is 11.3 Å². The molecule has 0 aliphatic heterocycles. The first-order valence-corrected chi connectivity index (χ1v) is 8.08. The summed E-state index contributed by atoms with van der Waals surface area (Å²) in [5.41, 5.74) is 1.75. The fourth-order valence-corrected chi connectivity index (χ4v) is 2.58. The van der Waals surface area contributed by atoms with Gasteiger partial charge in [0.15, 0.2) is 0 Å². The second-order valence-electron chi connectivity index (χ2n) is 5.86. The van der Waals surface area contributed by atoms with Gasteiger partial charge in [-0.15, -0.1) is 0 Å². The number of nitrogens with one attached hydrogen (secondary N) is 1. The summed E-state index contributed by atoms with van der Waals surface area (Å²) in [6.45, 7) is 1.95. The maximum atomic E-state index is 12.2. The lowest BCUT2D eigenvalue weighted by Crippen LogP contribution is -2.20. The summed E-state index contributed by atoms with van der Waals surface area (Å²) in [6, 6.07) is 7.62. The zero-order valence-corrected chi connectivity index (χ0v) is 14.8. The molecule has 1 N–H and O–H groups in total. The number of hydrogen-bond acceptors (Lipinski definition) is 6. The molecule has 0 aliphatic carbocycles. The molecule has 0 bridgehead atoms. The van der Waals surface area contributed by atoms with E-state index >= 15 is 0 Å². The van der Waals surface area contributed by atoms with Gasteiger partial charge in [0, 0.05) is 6.20 Å². The Morgan fingerprint density at radius 1 is 1.33 bits per heavy atom. The van der Waals surface area contributed by atoms with Crippen LogP contribution in [-0.2, 0) is 17.9 Å². The third kappa shape index (κ3) is 4.29. The second kappa shape index (κ2) is 7.68. The molecule has 2 aromatic heterocycles. The molecule has 2 heterocycles. The maximum Gasteiger partial charge on any atom is 0.309 e. The van der Waals surface area contributed by atoms with Gasteiger partial charge in [-0.3, -0.25) is 24.3 Å². The van der Waals surface area contributed by atoms with Gasteiger partial charge in [0.2, 0.25) is 5.91 Å². The second-order valence-corrected chi connectivity index (χ2v) is 5.86. The largest absolute Gasteiger partial charge is 0.497 e. The standard InChI is InChI=1S/C17H18N6O4/c1-12-16(23(25)26)8-19-22(12)11-17(24)20-14-7-18-21(10-14)9-13-4-3-5-15(6-13)27-2/h3-8,10H,9,11H2,1-2H3,(H,20,24). The minimum Gasteiger partial charge on any atom is -0.497 e. The van der Waals surface area contributed by atoms with Gasteiger partial charge >= 0.3 is 5.69 Å². The number of carbonyl (C=O) groups is 1. The molecule has 10 nitrogen and oxygen atoms in total. The molecule has 1 aromatic carbocycles. The smallest absolute Gasteiger partial charge is 0.309 e. The van der Waals surface area contributed by atoms with Crippen LogP contribution in [-0.4, -0.2) is 37.5 Å². The van der Waals surface area contributed by atoms with Crippen molar-refractivity contribution in [1.29, 1.82) is 0 Å². The zero-order valence-electron chi connectivity index (χ0n) is 14.8. The van der Waals surface area contributed by atoms with Crippen molar-refractivity contribution >= 4 is 17.3 Å². The third-order valence-corrected chi connectivity index (χ3v) is 3.96. The first kappa shape index (κ1) is 18.1. The van der Waals surface area contributed by atoms with Gasteiger partial charge in [-0.1, -0.05) is 12.1 Å². The highest BCUT2D eigenvalue weighted by molar-refractivity contribution is 5.90. The lowest BCUT2D eigenvalue weighted by molar-refractivity contribution is -0.385. The Labute approximate surface area is 154 Å². The van der Waals surface area contributed by atoms with Gasteiger partial charge in [-0.25, -0.2) is 0 Å². The van der Waals surface area contributed by atoms with Crippen molar-refractivity contribution < 1.29 is 14.5 Å². The first-order chi connectivity index (χ1) is 13.0. The van der Waals surface area contributed by atoms with Crippen molar-refractivity contribution in [3.63, 3.8) is 0 Å². The molecule has 0 fully saturated rings. The summed E-state index contributed by atoms with van der Waals surface area (Å²) in [7, 11) is 1.61. The molecule has 0 aliphatic rings. The highest BCUT2D eigenvalue weighted by Gasteiger charge is 2.18. The molecule has 27 heavy (non-hydrogen) atoms. The lowest BCUT2D eigenvalue weighted by atomic mass is 10.2. The van der Waals surface area contributed by atoms with Crippen molar-refractivity contribution in [3.05, 3.63) is 64.2 Å². The van der Waals surface area contributed by atoms with Crippen LogP contribution < -0.4 is 10.1 Å². The van der Waals surface area contributed by atoms with Crippen molar-refractivity contribution in [2.75, 3.05) is 12.4 Å². The monoisotopic (exact) mass is 370 g/mol. The van der Waals surface area contributed by atoms with Gasteiger partial charge in [-0.2, -0.15) is 10.2 Å². The number of nitro groups is 1. The van der Waals surface area contributed by atoms with Gasteiger partial charge in [-0.05, 0) is 24.6 Å². The lowest BCUT2D eigenvalue weighted by Gasteiger charge is -2.05. The Balaban J connectivity index is 1.61. The van der Waals surface area contributed by atoms with E-state index in [9.17, 15) is 14.9 Å². The number of nitrogens with zero attached hydrogens (tertiary/aromatic N) is 5. The Morgan fingerprint density at radius 3 is 2.85 bits per heavy atom. The number of rotatable bonds is 7. The van der Waals surface area contributed by atoms with E-state index in [4.69, 9.17) is 4.74 Å². The topological polar surface area (TPSA) is 117 Å². The van der Waals surface area contributed by atoms with Crippen LogP contribution in [0.25, 0.3) is 0 Å². The van der Waals surface area contributed by atoms with Crippen molar-refractivity contribution in [2.45, 2.75) is 20.0 Å².